The first-order chi connectivity index (χ1) is 13.1. The van der Waals surface area contributed by atoms with Crippen LogP contribution >= 0.6 is 0 Å². The van der Waals surface area contributed by atoms with Crippen molar-refractivity contribution in [3.63, 3.8) is 0 Å². The van der Waals surface area contributed by atoms with Crippen molar-refractivity contribution >= 4 is 28.5 Å². The van der Waals surface area contributed by atoms with Crippen molar-refractivity contribution in [1.29, 1.82) is 0 Å². The smallest absolute Gasteiger partial charge is 0.261 e. The molecule has 0 saturated heterocycles. The Balaban J connectivity index is 1.64. The van der Waals surface area contributed by atoms with Gasteiger partial charge in [0.2, 0.25) is 5.91 Å². The van der Waals surface area contributed by atoms with Crippen LogP contribution in [0.1, 0.15) is 41.0 Å². The normalized spacial score (nSPS) is 13.5. The Hall–Kier alpha value is -2.73. The quantitative estimate of drug-likeness (QED) is 0.727. The van der Waals surface area contributed by atoms with E-state index in [9.17, 15) is 14.4 Å². The van der Waals surface area contributed by atoms with E-state index < -0.39 is 0 Å². The molecule has 1 aliphatic rings. The summed E-state index contributed by atoms with van der Waals surface area (Å²) in [7, 11) is 0. The summed E-state index contributed by atoms with van der Waals surface area (Å²) in [4.78, 5) is 41.1. The maximum atomic E-state index is 12.8. The summed E-state index contributed by atoms with van der Waals surface area (Å²) in [5.41, 5.74) is 1.04. The van der Waals surface area contributed by atoms with Crippen LogP contribution in [0.5, 0.6) is 0 Å². The van der Waals surface area contributed by atoms with Crippen LogP contribution in [0.25, 0.3) is 10.8 Å². The van der Waals surface area contributed by atoms with Gasteiger partial charge >= 0.3 is 0 Å². The molecule has 2 aromatic carbocycles. The van der Waals surface area contributed by atoms with Crippen LogP contribution in [0, 0.1) is 0 Å². The molecule has 3 amide bonds. The molecule has 1 heterocycles. The van der Waals surface area contributed by atoms with Gasteiger partial charge in [-0.3, -0.25) is 19.3 Å². The minimum Gasteiger partial charge on any atom is -0.355 e. The van der Waals surface area contributed by atoms with E-state index >= 15 is 0 Å². The van der Waals surface area contributed by atoms with E-state index in [2.05, 4.69) is 24.1 Å². The maximum Gasteiger partial charge on any atom is 0.261 e. The Kier molecular flexibility index (Phi) is 5.86. The molecular weight excluding hydrogens is 342 g/mol. The molecule has 0 aliphatic carbocycles. The first-order valence-corrected chi connectivity index (χ1v) is 9.43. The largest absolute Gasteiger partial charge is 0.355 e. The van der Waals surface area contributed by atoms with Crippen molar-refractivity contribution < 1.29 is 14.4 Å². The summed E-state index contributed by atoms with van der Waals surface area (Å²) in [6, 6.07) is 10.9. The van der Waals surface area contributed by atoms with Gasteiger partial charge in [0.1, 0.15) is 0 Å². The van der Waals surface area contributed by atoms with Gasteiger partial charge in [-0.2, -0.15) is 0 Å². The van der Waals surface area contributed by atoms with Crippen LogP contribution in [0.4, 0.5) is 0 Å². The molecule has 1 aliphatic heterocycles. The number of carbonyl (C=O) groups is 3. The van der Waals surface area contributed by atoms with Gasteiger partial charge in [-0.15, -0.1) is 0 Å². The van der Waals surface area contributed by atoms with Gasteiger partial charge in [0, 0.05) is 42.6 Å². The topological polar surface area (TPSA) is 69.7 Å². The van der Waals surface area contributed by atoms with E-state index in [4.69, 9.17) is 0 Å². The second kappa shape index (κ2) is 8.31. The lowest BCUT2D eigenvalue weighted by atomic mass is 9.94. The molecule has 0 aromatic heterocycles. The summed E-state index contributed by atoms with van der Waals surface area (Å²) in [6.07, 6.45) is 0.105. The first kappa shape index (κ1) is 19.0. The number of amides is 3. The van der Waals surface area contributed by atoms with Gasteiger partial charge in [0.05, 0.1) is 0 Å². The number of benzene rings is 2. The molecule has 0 atom stereocenters. The highest BCUT2D eigenvalue weighted by atomic mass is 16.2. The van der Waals surface area contributed by atoms with Crippen molar-refractivity contribution in [2.75, 3.05) is 32.7 Å². The summed E-state index contributed by atoms with van der Waals surface area (Å²) < 4.78 is 0. The van der Waals surface area contributed by atoms with Crippen LogP contribution < -0.4 is 5.32 Å². The van der Waals surface area contributed by atoms with E-state index in [0.717, 1.165) is 25.0 Å². The van der Waals surface area contributed by atoms with Gasteiger partial charge in [-0.05, 0) is 30.6 Å². The molecule has 0 radical (unpaired) electrons. The zero-order valence-corrected chi connectivity index (χ0v) is 15.8. The lowest BCUT2D eigenvalue weighted by Crippen LogP contribution is -2.43. The van der Waals surface area contributed by atoms with Crippen LogP contribution in [-0.4, -0.2) is 60.2 Å². The Morgan fingerprint density at radius 1 is 1.00 bits per heavy atom. The molecule has 0 saturated carbocycles. The van der Waals surface area contributed by atoms with Crippen LogP contribution in [-0.2, 0) is 4.79 Å². The van der Waals surface area contributed by atoms with E-state index in [1.54, 1.807) is 12.1 Å². The van der Waals surface area contributed by atoms with E-state index in [1.165, 1.54) is 4.90 Å². The molecule has 0 bridgehead atoms. The van der Waals surface area contributed by atoms with Gasteiger partial charge < -0.3 is 10.2 Å². The summed E-state index contributed by atoms with van der Waals surface area (Å²) >= 11 is 0. The SMILES string of the molecule is CCN(CC)CCNC(=O)CCN1C(=O)c2cccc3cccc(c23)C1=O. The fourth-order valence-electron chi connectivity index (χ4n) is 3.48. The lowest BCUT2D eigenvalue weighted by Gasteiger charge is -2.27. The number of nitrogens with zero attached hydrogens (tertiary/aromatic N) is 2. The first-order valence-electron chi connectivity index (χ1n) is 9.43. The third-order valence-corrected chi connectivity index (χ3v) is 5.06. The predicted octanol–water partition coefficient (Wildman–Crippen LogP) is 2.28. The molecule has 0 unspecified atom stereocenters. The van der Waals surface area contributed by atoms with Gasteiger partial charge in [0.25, 0.3) is 11.8 Å². The van der Waals surface area contributed by atoms with E-state index in [0.29, 0.717) is 23.1 Å². The number of likely N-dealkylation sites (N-methyl/N-ethyl adjacent to an activating group) is 1. The Bertz CT molecular complexity index is 823. The van der Waals surface area contributed by atoms with Crippen molar-refractivity contribution in [1.82, 2.24) is 15.1 Å². The predicted molar refractivity (Wildman–Crippen MR) is 105 cm³/mol. The van der Waals surface area contributed by atoms with E-state index in [-0.39, 0.29) is 30.7 Å². The number of imide groups is 1. The molecule has 1 N–H and O–H groups in total. The van der Waals surface area contributed by atoms with E-state index in [1.807, 2.05) is 24.3 Å². The van der Waals surface area contributed by atoms with Crippen LogP contribution in [0.15, 0.2) is 36.4 Å². The highest BCUT2D eigenvalue weighted by molar-refractivity contribution is 6.25. The second-order valence-corrected chi connectivity index (χ2v) is 6.60. The highest BCUT2D eigenvalue weighted by Crippen LogP contribution is 2.29. The van der Waals surface area contributed by atoms with Crippen molar-refractivity contribution in [3.05, 3.63) is 47.5 Å². The zero-order valence-electron chi connectivity index (χ0n) is 15.8. The fourth-order valence-corrected chi connectivity index (χ4v) is 3.48. The summed E-state index contributed by atoms with van der Waals surface area (Å²) in [5, 5.41) is 4.44. The van der Waals surface area contributed by atoms with Crippen molar-refractivity contribution in [2.45, 2.75) is 20.3 Å². The molecule has 142 valence electrons. The number of carbonyl (C=O) groups excluding carboxylic acids is 3. The van der Waals surface area contributed by atoms with Gasteiger partial charge in [-0.25, -0.2) is 0 Å². The molecular formula is C21H25N3O3. The van der Waals surface area contributed by atoms with Crippen LogP contribution in [0.2, 0.25) is 0 Å². The average Bonchev–Trinajstić information content (AvgIpc) is 2.69. The Morgan fingerprint density at radius 2 is 1.59 bits per heavy atom. The number of rotatable bonds is 8. The molecule has 6 nitrogen and oxygen atoms in total. The third kappa shape index (κ3) is 3.85. The molecule has 27 heavy (non-hydrogen) atoms. The number of hydrogen-bond donors (Lipinski definition) is 1. The number of nitrogens with one attached hydrogen (secondary N) is 1. The highest BCUT2D eigenvalue weighted by Gasteiger charge is 2.32. The molecule has 3 rings (SSSR count). The second-order valence-electron chi connectivity index (χ2n) is 6.60. The third-order valence-electron chi connectivity index (χ3n) is 5.06. The Morgan fingerprint density at radius 3 is 2.15 bits per heavy atom. The minimum atomic E-state index is -0.333. The monoisotopic (exact) mass is 367 g/mol. The lowest BCUT2D eigenvalue weighted by molar-refractivity contribution is -0.121. The zero-order chi connectivity index (χ0) is 19.4. The van der Waals surface area contributed by atoms with Crippen LogP contribution in [0.3, 0.4) is 0 Å². The van der Waals surface area contributed by atoms with Gasteiger partial charge in [0.15, 0.2) is 0 Å². The standard InChI is InChI=1S/C21H25N3O3/c1-3-23(4-2)14-12-22-18(25)11-13-24-20(26)16-9-5-7-15-8-6-10-17(19(15)16)21(24)27/h5-10H,3-4,11-14H2,1-2H3,(H,22,25). The molecule has 2 aromatic rings. The number of hydrogen-bond acceptors (Lipinski definition) is 4. The van der Waals surface area contributed by atoms with Gasteiger partial charge in [-0.1, -0.05) is 38.1 Å². The fraction of sp³-hybridized carbons (Fsp3) is 0.381. The molecule has 0 fully saturated rings. The molecule has 6 heteroatoms. The Labute approximate surface area is 159 Å². The summed E-state index contributed by atoms with van der Waals surface area (Å²) in [6.45, 7) is 7.47. The molecule has 0 spiro atoms. The minimum absolute atomic E-state index is 0.0828. The average molecular weight is 367 g/mol. The summed E-state index contributed by atoms with van der Waals surface area (Å²) in [5.74, 6) is -0.819. The van der Waals surface area contributed by atoms with Crippen molar-refractivity contribution in [3.8, 4) is 0 Å². The van der Waals surface area contributed by atoms with Crippen molar-refractivity contribution in [2.24, 2.45) is 0 Å². The maximum absolute atomic E-state index is 12.8.